The first-order valence-corrected chi connectivity index (χ1v) is 8.18. The largest absolute Gasteiger partial charge is 0.444 e. The van der Waals surface area contributed by atoms with Gasteiger partial charge in [0.25, 0.3) is 0 Å². The number of likely N-dealkylation sites (tertiary alicyclic amines) is 1. The highest BCUT2D eigenvalue weighted by Gasteiger charge is 2.35. The van der Waals surface area contributed by atoms with Gasteiger partial charge < -0.3 is 9.26 Å². The molecule has 22 heavy (non-hydrogen) atoms. The van der Waals surface area contributed by atoms with Crippen molar-refractivity contribution in [3.63, 3.8) is 0 Å². The van der Waals surface area contributed by atoms with Gasteiger partial charge in [-0.2, -0.15) is 0 Å². The summed E-state index contributed by atoms with van der Waals surface area (Å²) in [6.07, 6.45) is 3.21. The summed E-state index contributed by atoms with van der Waals surface area (Å²) < 4.78 is 10.9. The Morgan fingerprint density at radius 1 is 1.50 bits per heavy atom. The average molecular weight is 321 g/mol. The molecular weight excluding hydrogens is 302 g/mol. The van der Waals surface area contributed by atoms with Crippen LogP contribution in [0.4, 0.5) is 4.79 Å². The van der Waals surface area contributed by atoms with E-state index in [-0.39, 0.29) is 12.1 Å². The molecule has 0 aliphatic carbocycles. The molecule has 0 spiro atoms. The maximum atomic E-state index is 12.3. The molecule has 1 aliphatic rings. The smallest absolute Gasteiger partial charge is 0.410 e. The zero-order valence-electron chi connectivity index (χ0n) is 12.9. The van der Waals surface area contributed by atoms with E-state index in [4.69, 9.17) is 9.26 Å². The van der Waals surface area contributed by atoms with Crippen molar-refractivity contribution < 1.29 is 14.1 Å². The van der Waals surface area contributed by atoms with Crippen molar-refractivity contribution in [2.24, 2.45) is 0 Å². The van der Waals surface area contributed by atoms with Gasteiger partial charge in [-0.1, -0.05) is 5.16 Å². The fourth-order valence-electron chi connectivity index (χ4n) is 2.50. The second-order valence-electron chi connectivity index (χ2n) is 6.28. The van der Waals surface area contributed by atoms with Gasteiger partial charge in [-0.3, -0.25) is 4.90 Å². The van der Waals surface area contributed by atoms with Crippen molar-refractivity contribution in [3.05, 3.63) is 23.4 Å². The van der Waals surface area contributed by atoms with E-state index in [0.29, 0.717) is 18.0 Å². The maximum absolute atomic E-state index is 12.3. The first-order chi connectivity index (χ1) is 10.4. The van der Waals surface area contributed by atoms with Crippen LogP contribution in [0, 0.1) is 0 Å². The van der Waals surface area contributed by atoms with Crippen LogP contribution in [0.25, 0.3) is 10.7 Å². The van der Waals surface area contributed by atoms with Crippen molar-refractivity contribution in [2.45, 2.75) is 45.3 Å². The highest BCUT2D eigenvalue weighted by molar-refractivity contribution is 7.13. The molecule has 0 aromatic carbocycles. The molecule has 1 saturated heterocycles. The van der Waals surface area contributed by atoms with Gasteiger partial charge in [-0.25, -0.2) is 9.78 Å². The second-order valence-corrected chi connectivity index (χ2v) is 7.18. The summed E-state index contributed by atoms with van der Waals surface area (Å²) in [6, 6.07) is 1.75. The van der Waals surface area contributed by atoms with Crippen LogP contribution in [0.2, 0.25) is 0 Å². The highest BCUT2D eigenvalue weighted by Crippen LogP contribution is 2.35. The third-order valence-corrected chi connectivity index (χ3v) is 4.18. The number of hydrogen-bond donors (Lipinski definition) is 0. The predicted molar refractivity (Wildman–Crippen MR) is 82.5 cm³/mol. The van der Waals surface area contributed by atoms with E-state index >= 15 is 0 Å². The fraction of sp³-hybridized carbons (Fsp3) is 0.533. The lowest BCUT2D eigenvalue weighted by Gasteiger charge is -2.27. The SMILES string of the molecule is CC(C)(C)OC(=O)N1CCC[C@H]1c1cc(-c2nccs2)no1. The Hall–Kier alpha value is -1.89. The molecule has 0 radical (unpaired) electrons. The third-order valence-electron chi connectivity index (χ3n) is 3.39. The summed E-state index contributed by atoms with van der Waals surface area (Å²) in [4.78, 5) is 18.3. The van der Waals surface area contributed by atoms with E-state index in [1.54, 1.807) is 11.1 Å². The number of aromatic nitrogens is 2. The first kappa shape index (κ1) is 15.0. The molecule has 3 heterocycles. The molecule has 1 atom stereocenters. The number of ether oxygens (including phenoxy) is 1. The molecule has 1 fully saturated rings. The molecule has 1 amide bonds. The van der Waals surface area contributed by atoms with E-state index in [1.807, 2.05) is 32.2 Å². The number of hydrogen-bond acceptors (Lipinski definition) is 6. The van der Waals surface area contributed by atoms with Gasteiger partial charge in [0, 0.05) is 24.2 Å². The standard InChI is InChI=1S/C15H19N3O3S/c1-15(2,3)20-14(19)18-7-4-5-11(18)12-9-10(17-21-12)13-16-6-8-22-13/h6,8-9,11H,4-5,7H2,1-3H3/t11-/m0/s1. The lowest BCUT2D eigenvalue weighted by molar-refractivity contribution is 0.0204. The molecular formula is C15H19N3O3S. The van der Waals surface area contributed by atoms with Gasteiger partial charge in [0.15, 0.2) is 5.76 Å². The van der Waals surface area contributed by atoms with Gasteiger partial charge in [0.1, 0.15) is 16.3 Å². The molecule has 0 saturated carbocycles. The number of nitrogens with zero attached hydrogens (tertiary/aromatic N) is 3. The van der Waals surface area contributed by atoms with Crippen molar-refractivity contribution in [2.75, 3.05) is 6.54 Å². The van der Waals surface area contributed by atoms with Crippen LogP contribution in [0.3, 0.4) is 0 Å². The van der Waals surface area contributed by atoms with E-state index in [0.717, 1.165) is 17.8 Å². The van der Waals surface area contributed by atoms with Gasteiger partial charge in [0.2, 0.25) is 0 Å². The van der Waals surface area contributed by atoms with Crippen molar-refractivity contribution in [3.8, 4) is 10.7 Å². The van der Waals surface area contributed by atoms with E-state index in [1.165, 1.54) is 11.3 Å². The average Bonchev–Trinajstić information content (AvgIpc) is 3.17. The quantitative estimate of drug-likeness (QED) is 0.840. The van der Waals surface area contributed by atoms with Crippen LogP contribution in [0.15, 0.2) is 22.2 Å². The number of thiazole rings is 1. The van der Waals surface area contributed by atoms with Crippen LogP contribution in [0.1, 0.15) is 45.4 Å². The van der Waals surface area contributed by atoms with E-state index in [2.05, 4.69) is 10.1 Å². The number of carbonyl (C=O) groups is 1. The van der Waals surface area contributed by atoms with Crippen LogP contribution >= 0.6 is 11.3 Å². The minimum absolute atomic E-state index is 0.115. The normalized spacial score (nSPS) is 18.7. The first-order valence-electron chi connectivity index (χ1n) is 7.30. The Kier molecular flexibility index (Phi) is 3.90. The third kappa shape index (κ3) is 3.14. The van der Waals surface area contributed by atoms with Crippen LogP contribution in [-0.2, 0) is 4.74 Å². The maximum Gasteiger partial charge on any atom is 0.410 e. The Bertz CT molecular complexity index is 645. The van der Waals surface area contributed by atoms with E-state index in [9.17, 15) is 4.79 Å². The number of amides is 1. The van der Waals surface area contributed by atoms with Gasteiger partial charge in [-0.05, 0) is 33.6 Å². The van der Waals surface area contributed by atoms with Crippen LogP contribution in [0.5, 0.6) is 0 Å². The van der Waals surface area contributed by atoms with Crippen molar-refractivity contribution in [1.29, 1.82) is 0 Å². The van der Waals surface area contributed by atoms with Crippen LogP contribution in [-0.4, -0.2) is 33.3 Å². The lowest BCUT2D eigenvalue weighted by Crippen LogP contribution is -2.36. The van der Waals surface area contributed by atoms with Crippen molar-refractivity contribution in [1.82, 2.24) is 15.0 Å². The van der Waals surface area contributed by atoms with Gasteiger partial charge >= 0.3 is 6.09 Å². The van der Waals surface area contributed by atoms with Crippen molar-refractivity contribution >= 4 is 17.4 Å². The molecule has 118 valence electrons. The van der Waals surface area contributed by atoms with E-state index < -0.39 is 5.60 Å². The summed E-state index contributed by atoms with van der Waals surface area (Å²) in [6.45, 7) is 6.27. The summed E-state index contributed by atoms with van der Waals surface area (Å²) in [7, 11) is 0. The molecule has 7 heteroatoms. The molecule has 0 N–H and O–H groups in total. The summed E-state index contributed by atoms with van der Waals surface area (Å²) >= 11 is 1.51. The Labute approximate surface area is 133 Å². The summed E-state index contributed by atoms with van der Waals surface area (Å²) in [5, 5.41) is 6.78. The molecule has 3 rings (SSSR count). The number of rotatable bonds is 2. The molecule has 2 aromatic rings. The van der Waals surface area contributed by atoms with Crippen LogP contribution < -0.4 is 0 Å². The molecule has 1 aliphatic heterocycles. The lowest BCUT2D eigenvalue weighted by atomic mass is 10.1. The fourth-order valence-corrected chi connectivity index (χ4v) is 3.09. The minimum atomic E-state index is -0.502. The Morgan fingerprint density at radius 3 is 3.00 bits per heavy atom. The molecule has 0 bridgehead atoms. The zero-order chi connectivity index (χ0) is 15.7. The minimum Gasteiger partial charge on any atom is -0.444 e. The Morgan fingerprint density at radius 2 is 2.32 bits per heavy atom. The second kappa shape index (κ2) is 5.72. The summed E-state index contributed by atoms with van der Waals surface area (Å²) in [5.74, 6) is 0.688. The number of carbonyl (C=O) groups excluding carboxylic acids is 1. The highest BCUT2D eigenvalue weighted by atomic mass is 32.1. The molecule has 0 unspecified atom stereocenters. The van der Waals surface area contributed by atoms with Gasteiger partial charge in [0.05, 0.1) is 6.04 Å². The molecule has 6 nitrogen and oxygen atoms in total. The monoisotopic (exact) mass is 321 g/mol. The zero-order valence-corrected chi connectivity index (χ0v) is 13.7. The Balaban J connectivity index is 1.77. The summed E-state index contributed by atoms with van der Waals surface area (Å²) in [5.41, 5.74) is 0.207. The predicted octanol–water partition coefficient (Wildman–Crippen LogP) is 3.87. The molecule has 2 aromatic heterocycles. The topological polar surface area (TPSA) is 68.5 Å². The van der Waals surface area contributed by atoms with Gasteiger partial charge in [-0.15, -0.1) is 11.3 Å².